The summed E-state index contributed by atoms with van der Waals surface area (Å²) in [5.74, 6) is -0.0304. The molecule has 0 aliphatic carbocycles. The van der Waals surface area contributed by atoms with Crippen molar-refractivity contribution in [3.05, 3.63) is 24.3 Å². The molecule has 3 rings (SSSR count). The fourth-order valence-corrected chi connectivity index (χ4v) is 3.11. The van der Waals surface area contributed by atoms with Gasteiger partial charge in [0, 0.05) is 38.8 Å². The Labute approximate surface area is 152 Å². The van der Waals surface area contributed by atoms with Crippen LogP contribution >= 0.6 is 0 Å². The van der Waals surface area contributed by atoms with Gasteiger partial charge >= 0.3 is 0 Å². The first-order chi connectivity index (χ1) is 12.6. The van der Waals surface area contributed by atoms with E-state index in [4.69, 9.17) is 9.47 Å². The van der Waals surface area contributed by atoms with E-state index in [2.05, 4.69) is 5.32 Å². The number of hydrogen-bond donors (Lipinski definition) is 1. The van der Waals surface area contributed by atoms with Crippen LogP contribution in [0.5, 0.6) is 5.75 Å². The van der Waals surface area contributed by atoms with Crippen molar-refractivity contribution in [1.29, 1.82) is 0 Å². The molecule has 140 valence electrons. The van der Waals surface area contributed by atoms with E-state index in [1.54, 1.807) is 41.1 Å². The minimum absolute atomic E-state index is 0.0270. The van der Waals surface area contributed by atoms with Crippen LogP contribution < -0.4 is 15.0 Å². The van der Waals surface area contributed by atoms with E-state index in [1.165, 1.54) is 0 Å². The summed E-state index contributed by atoms with van der Waals surface area (Å²) in [7, 11) is 1.57. The molecule has 1 atom stereocenters. The first-order valence-electron chi connectivity index (χ1n) is 8.69. The van der Waals surface area contributed by atoms with Crippen LogP contribution in [0.2, 0.25) is 0 Å². The summed E-state index contributed by atoms with van der Waals surface area (Å²) in [6.45, 7) is 2.63. The maximum atomic E-state index is 12.1. The third-order valence-corrected chi connectivity index (χ3v) is 4.62. The van der Waals surface area contributed by atoms with E-state index in [0.29, 0.717) is 44.3 Å². The molecule has 0 radical (unpaired) electrons. The predicted octanol–water partition coefficient (Wildman–Crippen LogP) is 0.0231. The second-order valence-electron chi connectivity index (χ2n) is 6.30. The maximum absolute atomic E-state index is 12.1. The molecule has 2 aliphatic heterocycles. The lowest BCUT2D eigenvalue weighted by Crippen LogP contribution is -2.42. The number of amides is 3. The maximum Gasteiger partial charge on any atom is 0.260 e. The summed E-state index contributed by atoms with van der Waals surface area (Å²) in [5.41, 5.74) is 0.716. The van der Waals surface area contributed by atoms with Crippen LogP contribution in [0.4, 0.5) is 5.69 Å². The first-order valence-corrected chi connectivity index (χ1v) is 8.69. The van der Waals surface area contributed by atoms with E-state index >= 15 is 0 Å². The van der Waals surface area contributed by atoms with Crippen LogP contribution in [0.25, 0.3) is 0 Å². The molecule has 1 aromatic rings. The highest BCUT2D eigenvalue weighted by Gasteiger charge is 2.34. The zero-order valence-corrected chi connectivity index (χ0v) is 14.8. The molecule has 8 nitrogen and oxygen atoms in total. The lowest BCUT2D eigenvalue weighted by atomic mass is 10.1. The summed E-state index contributed by atoms with van der Waals surface area (Å²) in [4.78, 5) is 39.2. The highest BCUT2D eigenvalue weighted by atomic mass is 16.5. The molecule has 0 aromatic heterocycles. The van der Waals surface area contributed by atoms with E-state index in [1.807, 2.05) is 0 Å². The highest BCUT2D eigenvalue weighted by molar-refractivity contribution is 6.00. The van der Waals surface area contributed by atoms with Gasteiger partial charge in [-0.25, -0.2) is 0 Å². The van der Waals surface area contributed by atoms with Crippen molar-refractivity contribution in [2.45, 2.75) is 6.42 Å². The minimum atomic E-state index is -0.324. The van der Waals surface area contributed by atoms with Gasteiger partial charge in [-0.15, -0.1) is 0 Å². The highest BCUT2D eigenvalue weighted by Crippen LogP contribution is 2.27. The molecule has 0 saturated carbocycles. The topological polar surface area (TPSA) is 88.2 Å². The Bertz CT molecular complexity index is 670. The molecular weight excluding hydrogens is 338 g/mol. The second-order valence-corrected chi connectivity index (χ2v) is 6.30. The summed E-state index contributed by atoms with van der Waals surface area (Å²) in [6, 6.07) is 6.97. The lowest BCUT2D eigenvalue weighted by Gasteiger charge is -2.26. The van der Waals surface area contributed by atoms with Crippen molar-refractivity contribution in [3.8, 4) is 5.75 Å². The Hall–Kier alpha value is -2.61. The number of rotatable bonds is 5. The third kappa shape index (κ3) is 4.13. The molecule has 2 heterocycles. The summed E-state index contributed by atoms with van der Waals surface area (Å²) >= 11 is 0. The van der Waals surface area contributed by atoms with Crippen molar-refractivity contribution in [2.24, 2.45) is 5.92 Å². The first kappa shape index (κ1) is 18.2. The Kier molecular flexibility index (Phi) is 5.72. The van der Waals surface area contributed by atoms with Crippen LogP contribution in [-0.2, 0) is 19.1 Å². The number of carbonyl (C=O) groups excluding carboxylic acids is 3. The number of carbonyl (C=O) groups is 3. The minimum Gasteiger partial charge on any atom is -0.484 e. The Morgan fingerprint density at radius 3 is 2.58 bits per heavy atom. The number of nitrogens with zero attached hydrogens (tertiary/aromatic N) is 2. The molecule has 2 aliphatic rings. The smallest absolute Gasteiger partial charge is 0.260 e. The SMILES string of the molecule is CNC(=O)[C@H]1CC(=O)N(c2ccc(OCC(=O)N3CCOCC3)cc2)C1. The zero-order valence-electron chi connectivity index (χ0n) is 14.8. The summed E-state index contributed by atoms with van der Waals surface area (Å²) in [5, 5.41) is 2.58. The molecule has 8 heteroatoms. The fraction of sp³-hybridized carbons (Fsp3) is 0.500. The van der Waals surface area contributed by atoms with Crippen LogP contribution in [0.15, 0.2) is 24.3 Å². The standard InChI is InChI=1S/C18H23N3O5/c1-19-18(24)13-10-16(22)21(11-13)14-2-4-15(5-3-14)26-12-17(23)20-6-8-25-9-7-20/h2-5,13H,6-12H2,1H3,(H,19,24)/t13-/m0/s1. The summed E-state index contributed by atoms with van der Waals surface area (Å²) < 4.78 is 10.8. The monoisotopic (exact) mass is 361 g/mol. The zero-order chi connectivity index (χ0) is 18.5. The fourth-order valence-electron chi connectivity index (χ4n) is 3.11. The van der Waals surface area contributed by atoms with E-state index in [9.17, 15) is 14.4 Å². The van der Waals surface area contributed by atoms with Crippen molar-refractivity contribution >= 4 is 23.4 Å². The van der Waals surface area contributed by atoms with Crippen molar-refractivity contribution in [1.82, 2.24) is 10.2 Å². The van der Waals surface area contributed by atoms with Gasteiger partial charge in [-0.1, -0.05) is 0 Å². The van der Waals surface area contributed by atoms with E-state index in [-0.39, 0.29) is 36.7 Å². The Morgan fingerprint density at radius 2 is 1.92 bits per heavy atom. The molecule has 0 spiro atoms. The molecule has 26 heavy (non-hydrogen) atoms. The van der Waals surface area contributed by atoms with Crippen LogP contribution in [-0.4, -0.2) is 69.1 Å². The number of hydrogen-bond acceptors (Lipinski definition) is 5. The molecule has 2 fully saturated rings. The average molecular weight is 361 g/mol. The van der Waals surface area contributed by atoms with Gasteiger partial charge in [0.25, 0.3) is 5.91 Å². The summed E-state index contributed by atoms with van der Waals surface area (Å²) in [6.07, 6.45) is 0.214. The normalized spacial score (nSPS) is 20.2. The van der Waals surface area contributed by atoms with Crippen molar-refractivity contribution in [3.63, 3.8) is 0 Å². The molecule has 3 amide bonds. The molecule has 1 aromatic carbocycles. The van der Waals surface area contributed by atoms with Gasteiger partial charge in [-0.05, 0) is 24.3 Å². The van der Waals surface area contributed by atoms with Gasteiger partial charge in [0.1, 0.15) is 5.75 Å². The molecule has 0 unspecified atom stereocenters. The van der Waals surface area contributed by atoms with Crippen LogP contribution in [0.1, 0.15) is 6.42 Å². The predicted molar refractivity (Wildman–Crippen MR) is 93.9 cm³/mol. The number of benzene rings is 1. The van der Waals surface area contributed by atoms with Gasteiger partial charge in [0.2, 0.25) is 11.8 Å². The van der Waals surface area contributed by atoms with Gasteiger partial charge < -0.3 is 24.6 Å². The number of anilines is 1. The number of ether oxygens (including phenoxy) is 2. The molecule has 1 N–H and O–H groups in total. The van der Waals surface area contributed by atoms with Gasteiger partial charge in [0.15, 0.2) is 6.61 Å². The van der Waals surface area contributed by atoms with Crippen LogP contribution in [0.3, 0.4) is 0 Å². The molecule has 2 saturated heterocycles. The van der Waals surface area contributed by atoms with Crippen LogP contribution in [0, 0.1) is 5.92 Å². The van der Waals surface area contributed by atoms with Crippen molar-refractivity contribution < 1.29 is 23.9 Å². The number of nitrogens with one attached hydrogen (secondary N) is 1. The molecular formula is C18H23N3O5. The lowest BCUT2D eigenvalue weighted by molar-refractivity contribution is -0.137. The second kappa shape index (κ2) is 8.18. The quantitative estimate of drug-likeness (QED) is 0.799. The van der Waals surface area contributed by atoms with E-state index < -0.39 is 0 Å². The van der Waals surface area contributed by atoms with E-state index in [0.717, 1.165) is 0 Å². The molecule has 0 bridgehead atoms. The average Bonchev–Trinajstić information content (AvgIpc) is 3.08. The Morgan fingerprint density at radius 1 is 1.23 bits per heavy atom. The van der Waals surface area contributed by atoms with Crippen molar-refractivity contribution in [2.75, 3.05) is 51.4 Å². The number of morpholine rings is 1. The van der Waals surface area contributed by atoms with Gasteiger partial charge in [-0.2, -0.15) is 0 Å². The largest absolute Gasteiger partial charge is 0.484 e. The third-order valence-electron chi connectivity index (χ3n) is 4.62. The van der Waals surface area contributed by atoms with Gasteiger partial charge in [-0.3, -0.25) is 14.4 Å². The Balaban J connectivity index is 1.54. The van der Waals surface area contributed by atoms with Gasteiger partial charge in [0.05, 0.1) is 19.1 Å².